The molecule has 0 saturated heterocycles. The number of rotatable bonds is 0. The molecule has 0 spiro atoms. The molecule has 0 aromatic carbocycles. The van der Waals surface area contributed by atoms with Crippen LogP contribution in [0.15, 0.2) is 53.0 Å². The third-order valence-electron chi connectivity index (χ3n) is 6.69. The Kier molecular flexibility index (Phi) is 7.36. The van der Waals surface area contributed by atoms with Gasteiger partial charge in [-0.1, -0.05) is 0 Å². The molecule has 0 unspecified atom stereocenters. The first-order valence-corrected chi connectivity index (χ1v) is 11.3. The lowest BCUT2D eigenvalue weighted by atomic mass is 9.79. The Labute approximate surface area is 205 Å². The molecule has 0 fully saturated rings. The van der Waals surface area contributed by atoms with Crippen molar-refractivity contribution in [2.45, 2.75) is 66.2 Å². The van der Waals surface area contributed by atoms with E-state index < -0.39 is 56.4 Å². The molecule has 2 rings (SSSR count). The van der Waals surface area contributed by atoms with E-state index in [2.05, 4.69) is 0 Å². The van der Waals surface area contributed by atoms with E-state index in [0.29, 0.717) is 11.5 Å². The second kappa shape index (κ2) is 9.29. The Morgan fingerprint density at radius 3 is 0.829 bits per heavy atom. The van der Waals surface area contributed by atoms with Crippen molar-refractivity contribution < 1.29 is 33.2 Å². The van der Waals surface area contributed by atoms with Crippen LogP contribution < -0.4 is 0 Å². The summed E-state index contributed by atoms with van der Waals surface area (Å²) in [5.41, 5.74) is -5.40. The van der Waals surface area contributed by atoms with Crippen molar-refractivity contribution in [3.63, 3.8) is 0 Å². The van der Waals surface area contributed by atoms with Crippen LogP contribution in [0, 0.1) is 10.8 Å². The van der Waals surface area contributed by atoms with Crippen LogP contribution in [-0.4, -0.2) is 34.7 Å². The standard InChI is InChI=1S/C28H32O7/c1-25(2)17(29)9-10-18(30)26(3,4)20(32)12-14-22(34)28(7,8)24-16-15-23(35-24)27(5,6)21(33)13-11-19(25)31/h9-16H,1-8H3/b10-9+,13-11-,14-12+. The summed E-state index contributed by atoms with van der Waals surface area (Å²) in [7, 11) is 0. The van der Waals surface area contributed by atoms with Gasteiger partial charge < -0.3 is 4.42 Å². The van der Waals surface area contributed by atoms with Crippen LogP contribution in [0.3, 0.4) is 0 Å². The highest BCUT2D eigenvalue weighted by molar-refractivity contribution is 6.20. The zero-order valence-corrected chi connectivity index (χ0v) is 21.5. The summed E-state index contributed by atoms with van der Waals surface area (Å²) in [6, 6.07) is 3.18. The van der Waals surface area contributed by atoms with Gasteiger partial charge in [0.1, 0.15) is 11.5 Å². The van der Waals surface area contributed by atoms with Gasteiger partial charge in [-0.05, 0) is 104 Å². The van der Waals surface area contributed by atoms with Gasteiger partial charge in [-0.3, -0.25) is 28.8 Å². The monoisotopic (exact) mass is 480 g/mol. The fourth-order valence-corrected chi connectivity index (χ4v) is 3.20. The number of carbonyl (C=O) groups excluding carboxylic acids is 6. The molecule has 0 amide bonds. The van der Waals surface area contributed by atoms with Crippen molar-refractivity contribution in [1.29, 1.82) is 0 Å². The molecule has 2 bridgehead atoms. The van der Waals surface area contributed by atoms with E-state index in [9.17, 15) is 28.8 Å². The minimum atomic E-state index is -1.54. The lowest BCUT2D eigenvalue weighted by molar-refractivity contribution is -0.135. The predicted molar refractivity (Wildman–Crippen MR) is 130 cm³/mol. The molecule has 7 heteroatoms. The summed E-state index contributed by atoms with van der Waals surface area (Å²) >= 11 is 0. The molecule has 0 N–H and O–H groups in total. The Balaban J connectivity index is 2.65. The number of hydrogen-bond acceptors (Lipinski definition) is 7. The summed E-state index contributed by atoms with van der Waals surface area (Å²) in [4.78, 5) is 76.7. The molecule has 35 heavy (non-hydrogen) atoms. The SMILES string of the molecule is CC1(C)C(=O)/C=C\C(=O)C(C)(C)c2ccc(o2)C(C)(C)C(=O)/C=C/C(=O)C(C)(C)C(=O)/C=C/C1=O. The van der Waals surface area contributed by atoms with Gasteiger partial charge in [0.25, 0.3) is 0 Å². The summed E-state index contributed by atoms with van der Waals surface area (Å²) < 4.78 is 5.89. The van der Waals surface area contributed by atoms with Crippen molar-refractivity contribution >= 4 is 34.7 Å². The highest BCUT2D eigenvalue weighted by Gasteiger charge is 2.39. The van der Waals surface area contributed by atoms with Crippen molar-refractivity contribution in [3.8, 4) is 0 Å². The third kappa shape index (κ3) is 5.29. The number of fused-ring (bicyclic) bond motifs is 2. The summed E-state index contributed by atoms with van der Waals surface area (Å²) in [5, 5.41) is 0. The Hall–Kier alpha value is -3.48. The largest absolute Gasteiger partial charge is 0.464 e. The van der Waals surface area contributed by atoms with Gasteiger partial charge in [-0.2, -0.15) is 0 Å². The lowest BCUT2D eigenvalue weighted by Gasteiger charge is -2.22. The molecule has 1 aliphatic heterocycles. The maximum atomic E-state index is 12.9. The first-order valence-electron chi connectivity index (χ1n) is 11.3. The van der Waals surface area contributed by atoms with E-state index in [-0.39, 0.29) is 0 Å². The minimum Gasteiger partial charge on any atom is -0.464 e. The maximum absolute atomic E-state index is 12.9. The van der Waals surface area contributed by atoms with Crippen LogP contribution in [-0.2, 0) is 39.6 Å². The first kappa shape index (κ1) is 27.8. The average Bonchev–Trinajstić information content (AvgIpc) is 3.29. The summed E-state index contributed by atoms with van der Waals surface area (Å²) in [6.45, 7) is 12.0. The molecular formula is C28H32O7. The highest BCUT2D eigenvalue weighted by atomic mass is 16.3. The molecule has 1 aromatic heterocycles. The van der Waals surface area contributed by atoms with E-state index in [1.807, 2.05) is 0 Å². The Morgan fingerprint density at radius 2 is 0.600 bits per heavy atom. The smallest absolute Gasteiger partial charge is 0.169 e. The fraction of sp³-hybridized carbons (Fsp3) is 0.429. The van der Waals surface area contributed by atoms with Crippen molar-refractivity contribution in [2.24, 2.45) is 10.8 Å². The number of allylic oxidation sites excluding steroid dienone is 6. The van der Waals surface area contributed by atoms with Crippen LogP contribution in [0.25, 0.3) is 0 Å². The summed E-state index contributed by atoms with van der Waals surface area (Å²) in [6.07, 6.45) is 6.21. The van der Waals surface area contributed by atoms with Crippen LogP contribution in [0.5, 0.6) is 0 Å². The van der Waals surface area contributed by atoms with E-state index in [1.165, 1.54) is 27.7 Å². The average molecular weight is 481 g/mol. The van der Waals surface area contributed by atoms with E-state index >= 15 is 0 Å². The fourth-order valence-electron chi connectivity index (χ4n) is 3.20. The van der Waals surface area contributed by atoms with Gasteiger partial charge in [-0.15, -0.1) is 0 Å². The van der Waals surface area contributed by atoms with Crippen molar-refractivity contribution in [3.05, 3.63) is 60.1 Å². The number of ketones is 6. The normalized spacial score (nSPS) is 25.4. The number of hydrogen-bond donors (Lipinski definition) is 0. The molecule has 0 saturated carbocycles. The lowest BCUT2D eigenvalue weighted by Crippen LogP contribution is -2.34. The van der Waals surface area contributed by atoms with Gasteiger partial charge in [0.05, 0.1) is 21.7 Å². The van der Waals surface area contributed by atoms with Gasteiger partial charge >= 0.3 is 0 Å². The Bertz CT molecular complexity index is 1100. The zero-order chi connectivity index (χ0) is 27.0. The molecule has 7 nitrogen and oxygen atoms in total. The second-order valence-electron chi connectivity index (χ2n) is 10.8. The summed E-state index contributed by atoms with van der Waals surface area (Å²) in [5.74, 6) is -2.84. The highest BCUT2D eigenvalue weighted by Crippen LogP contribution is 2.33. The molecule has 1 aromatic rings. The Morgan fingerprint density at radius 1 is 0.400 bits per heavy atom. The van der Waals surface area contributed by atoms with Gasteiger partial charge in [0, 0.05) is 0 Å². The van der Waals surface area contributed by atoms with Crippen LogP contribution >= 0.6 is 0 Å². The van der Waals surface area contributed by atoms with E-state index in [4.69, 9.17) is 4.42 Å². The topological polar surface area (TPSA) is 116 Å². The number of carbonyl (C=O) groups is 6. The minimum absolute atomic E-state index is 0.290. The van der Waals surface area contributed by atoms with Gasteiger partial charge in [-0.25, -0.2) is 0 Å². The number of furan rings is 1. The van der Waals surface area contributed by atoms with Crippen molar-refractivity contribution in [1.82, 2.24) is 0 Å². The predicted octanol–water partition coefficient (Wildman–Crippen LogP) is 3.98. The molecule has 1 aliphatic rings. The van der Waals surface area contributed by atoms with Crippen molar-refractivity contribution in [2.75, 3.05) is 0 Å². The molecule has 0 atom stereocenters. The molecule has 186 valence electrons. The van der Waals surface area contributed by atoms with Gasteiger partial charge in [0.15, 0.2) is 34.7 Å². The van der Waals surface area contributed by atoms with E-state index in [0.717, 1.165) is 36.5 Å². The van der Waals surface area contributed by atoms with Crippen LogP contribution in [0.2, 0.25) is 0 Å². The second-order valence-corrected chi connectivity index (χ2v) is 10.8. The molecule has 2 heterocycles. The molecule has 0 aliphatic carbocycles. The maximum Gasteiger partial charge on any atom is 0.169 e. The quantitative estimate of drug-likeness (QED) is 0.516. The molecule has 0 radical (unpaired) electrons. The first-order chi connectivity index (χ1) is 15.9. The van der Waals surface area contributed by atoms with Crippen LogP contribution in [0.1, 0.15) is 66.9 Å². The van der Waals surface area contributed by atoms with E-state index in [1.54, 1.807) is 39.8 Å². The van der Waals surface area contributed by atoms with Gasteiger partial charge in [0.2, 0.25) is 0 Å². The van der Waals surface area contributed by atoms with Crippen LogP contribution in [0.4, 0.5) is 0 Å². The molecular weight excluding hydrogens is 448 g/mol. The third-order valence-corrected chi connectivity index (χ3v) is 6.69. The zero-order valence-electron chi connectivity index (χ0n) is 21.5.